The quantitative estimate of drug-likeness (QED) is 0.797. The average Bonchev–Trinajstić information content (AvgIpc) is 3.29. The maximum absolute atomic E-state index is 13.2. The molecule has 3 heterocycles. The molecule has 0 radical (unpaired) electrons. The predicted molar refractivity (Wildman–Crippen MR) is 114 cm³/mol. The molecule has 2 amide bonds. The molecule has 166 valence electrons. The van der Waals surface area contributed by atoms with Crippen LogP contribution in [-0.4, -0.2) is 70.7 Å². The molecule has 1 aromatic heterocycles. The van der Waals surface area contributed by atoms with Gasteiger partial charge in [0.15, 0.2) is 0 Å². The minimum Gasteiger partial charge on any atom is -0.378 e. The largest absolute Gasteiger partial charge is 0.378 e. The zero-order valence-corrected chi connectivity index (χ0v) is 18.3. The summed E-state index contributed by atoms with van der Waals surface area (Å²) in [7, 11) is 1.93. The van der Waals surface area contributed by atoms with Crippen molar-refractivity contribution in [1.29, 1.82) is 0 Å². The second-order valence-electron chi connectivity index (χ2n) is 9.28. The van der Waals surface area contributed by atoms with Crippen LogP contribution in [0.4, 0.5) is 0 Å². The van der Waals surface area contributed by atoms with E-state index >= 15 is 0 Å². The van der Waals surface area contributed by atoms with Crippen molar-refractivity contribution in [3.8, 4) is 0 Å². The number of H-pyrrole nitrogens is 1. The standard InChI is InChI=1S/C23H36N4O3/c1-26(18-9-3-2-4-10-18)23(29)20-15-24-25-22(20)17-8-7-12-27(16-17)21(28)14-19-11-5-6-13-30-19/h15,17-19H,2-14,16H2,1H3,(H,24,25)/t17-,19+/m1/s1. The molecular weight excluding hydrogens is 380 g/mol. The highest BCUT2D eigenvalue weighted by molar-refractivity contribution is 5.95. The molecule has 7 nitrogen and oxygen atoms in total. The number of aromatic amines is 1. The van der Waals surface area contributed by atoms with Crippen LogP contribution in [0.1, 0.15) is 92.6 Å². The van der Waals surface area contributed by atoms with Gasteiger partial charge in [0.25, 0.3) is 5.91 Å². The van der Waals surface area contributed by atoms with Crippen molar-refractivity contribution in [2.24, 2.45) is 0 Å². The molecule has 1 saturated carbocycles. The summed E-state index contributed by atoms with van der Waals surface area (Å²) < 4.78 is 5.76. The van der Waals surface area contributed by atoms with Crippen LogP contribution in [-0.2, 0) is 9.53 Å². The fourth-order valence-corrected chi connectivity index (χ4v) is 5.33. The Kier molecular flexibility index (Phi) is 7.08. The first kappa shape index (κ1) is 21.3. The van der Waals surface area contributed by atoms with Gasteiger partial charge < -0.3 is 14.5 Å². The Morgan fingerprint density at radius 1 is 1.13 bits per heavy atom. The van der Waals surface area contributed by atoms with Crippen LogP contribution in [0, 0.1) is 0 Å². The molecule has 1 N–H and O–H groups in total. The number of piperidine rings is 1. The molecule has 3 aliphatic rings. The molecule has 2 atom stereocenters. The van der Waals surface area contributed by atoms with Crippen LogP contribution in [0.25, 0.3) is 0 Å². The van der Waals surface area contributed by atoms with Crippen molar-refractivity contribution in [3.63, 3.8) is 0 Å². The second-order valence-corrected chi connectivity index (χ2v) is 9.28. The Hall–Kier alpha value is -1.89. The number of ether oxygens (including phenoxy) is 1. The van der Waals surface area contributed by atoms with Gasteiger partial charge >= 0.3 is 0 Å². The van der Waals surface area contributed by atoms with Crippen LogP contribution in [0.15, 0.2) is 6.20 Å². The van der Waals surface area contributed by atoms with E-state index in [1.807, 2.05) is 16.8 Å². The van der Waals surface area contributed by atoms with Crippen LogP contribution < -0.4 is 0 Å². The number of rotatable bonds is 5. The maximum Gasteiger partial charge on any atom is 0.257 e. The summed E-state index contributed by atoms with van der Waals surface area (Å²) in [5.41, 5.74) is 1.58. The molecule has 30 heavy (non-hydrogen) atoms. The van der Waals surface area contributed by atoms with Gasteiger partial charge in [-0.2, -0.15) is 5.10 Å². The van der Waals surface area contributed by atoms with Crippen molar-refractivity contribution < 1.29 is 14.3 Å². The van der Waals surface area contributed by atoms with Crippen molar-refractivity contribution in [3.05, 3.63) is 17.5 Å². The minimum absolute atomic E-state index is 0.0599. The van der Waals surface area contributed by atoms with E-state index in [1.165, 1.54) is 19.3 Å². The lowest BCUT2D eigenvalue weighted by atomic mass is 9.91. The number of carbonyl (C=O) groups is 2. The van der Waals surface area contributed by atoms with Gasteiger partial charge in [0, 0.05) is 38.7 Å². The Morgan fingerprint density at radius 2 is 1.93 bits per heavy atom. The summed E-state index contributed by atoms with van der Waals surface area (Å²) in [4.78, 5) is 30.0. The molecule has 0 spiro atoms. The number of hydrogen-bond donors (Lipinski definition) is 1. The fourth-order valence-electron chi connectivity index (χ4n) is 5.33. The van der Waals surface area contributed by atoms with E-state index in [9.17, 15) is 9.59 Å². The highest BCUT2D eigenvalue weighted by atomic mass is 16.5. The summed E-state index contributed by atoms with van der Waals surface area (Å²) in [6.07, 6.45) is 13.2. The summed E-state index contributed by atoms with van der Waals surface area (Å²) in [6, 6.07) is 0.328. The zero-order valence-electron chi connectivity index (χ0n) is 18.3. The van der Waals surface area contributed by atoms with Gasteiger partial charge in [0.05, 0.1) is 30.0 Å². The van der Waals surface area contributed by atoms with Crippen molar-refractivity contribution in [1.82, 2.24) is 20.0 Å². The molecule has 7 heteroatoms. The Labute approximate surface area is 179 Å². The molecule has 4 rings (SSSR count). The Morgan fingerprint density at radius 3 is 2.70 bits per heavy atom. The third kappa shape index (κ3) is 4.88. The molecule has 0 bridgehead atoms. The van der Waals surface area contributed by atoms with Gasteiger partial charge in [-0.25, -0.2) is 0 Å². The van der Waals surface area contributed by atoms with Crippen LogP contribution in [0.3, 0.4) is 0 Å². The van der Waals surface area contributed by atoms with Crippen molar-refractivity contribution in [2.75, 3.05) is 26.7 Å². The maximum atomic E-state index is 13.2. The van der Waals surface area contributed by atoms with Gasteiger partial charge in [-0.1, -0.05) is 19.3 Å². The van der Waals surface area contributed by atoms with Crippen molar-refractivity contribution >= 4 is 11.8 Å². The first-order valence-electron chi connectivity index (χ1n) is 11.8. The first-order valence-corrected chi connectivity index (χ1v) is 11.8. The predicted octanol–water partition coefficient (Wildman–Crippen LogP) is 3.48. The smallest absolute Gasteiger partial charge is 0.257 e. The second kappa shape index (κ2) is 9.94. The van der Waals surface area contributed by atoms with Crippen LogP contribution >= 0.6 is 0 Å². The molecule has 0 aromatic carbocycles. The van der Waals surface area contributed by atoms with Gasteiger partial charge in [-0.05, 0) is 44.9 Å². The van der Waals surface area contributed by atoms with E-state index in [0.717, 1.165) is 63.8 Å². The molecule has 0 unspecified atom stereocenters. The van der Waals surface area contributed by atoms with E-state index in [4.69, 9.17) is 4.74 Å². The van der Waals surface area contributed by atoms with E-state index in [-0.39, 0.29) is 23.8 Å². The molecule has 1 aromatic rings. The number of amides is 2. The lowest BCUT2D eigenvalue weighted by Gasteiger charge is -2.35. The first-order chi connectivity index (χ1) is 14.6. The van der Waals surface area contributed by atoms with Gasteiger partial charge in [-0.3, -0.25) is 14.7 Å². The highest BCUT2D eigenvalue weighted by Gasteiger charge is 2.32. The Bertz CT molecular complexity index is 722. The van der Waals surface area contributed by atoms with E-state index in [1.54, 1.807) is 6.20 Å². The van der Waals surface area contributed by atoms with Gasteiger partial charge in [0.2, 0.25) is 5.91 Å². The number of nitrogens with zero attached hydrogens (tertiary/aromatic N) is 3. The molecule has 2 aliphatic heterocycles. The number of nitrogens with one attached hydrogen (secondary N) is 1. The lowest BCUT2D eigenvalue weighted by Crippen LogP contribution is -2.42. The van der Waals surface area contributed by atoms with E-state index in [2.05, 4.69) is 10.2 Å². The van der Waals surface area contributed by atoms with Gasteiger partial charge in [0.1, 0.15) is 0 Å². The number of carbonyl (C=O) groups excluding carboxylic acids is 2. The highest BCUT2D eigenvalue weighted by Crippen LogP contribution is 2.30. The van der Waals surface area contributed by atoms with Crippen LogP contribution in [0.5, 0.6) is 0 Å². The summed E-state index contributed by atoms with van der Waals surface area (Å²) in [5, 5.41) is 7.31. The molecular formula is C23H36N4O3. The topological polar surface area (TPSA) is 78.5 Å². The number of aromatic nitrogens is 2. The normalized spacial score (nSPS) is 25.8. The fraction of sp³-hybridized carbons (Fsp3) is 0.783. The summed E-state index contributed by atoms with van der Waals surface area (Å²) >= 11 is 0. The molecule has 1 aliphatic carbocycles. The van der Waals surface area contributed by atoms with Gasteiger partial charge in [-0.15, -0.1) is 0 Å². The average molecular weight is 417 g/mol. The lowest BCUT2D eigenvalue weighted by molar-refractivity contribution is -0.136. The SMILES string of the molecule is CN(C(=O)c1cn[nH]c1[C@@H]1CCCN(C(=O)C[C@@H]2CCCCO2)C1)C1CCCCC1. The molecule has 2 saturated heterocycles. The summed E-state index contributed by atoms with van der Waals surface area (Å²) in [6.45, 7) is 2.22. The number of hydrogen-bond acceptors (Lipinski definition) is 4. The Balaban J connectivity index is 1.39. The number of likely N-dealkylation sites (tertiary alicyclic amines) is 1. The zero-order chi connectivity index (χ0) is 20.9. The third-order valence-electron chi connectivity index (χ3n) is 7.20. The van der Waals surface area contributed by atoms with E-state index in [0.29, 0.717) is 24.6 Å². The van der Waals surface area contributed by atoms with E-state index < -0.39 is 0 Å². The minimum atomic E-state index is 0.0599. The van der Waals surface area contributed by atoms with Crippen LogP contribution in [0.2, 0.25) is 0 Å². The molecule has 3 fully saturated rings. The monoisotopic (exact) mass is 416 g/mol. The third-order valence-corrected chi connectivity index (χ3v) is 7.20. The van der Waals surface area contributed by atoms with Crippen molar-refractivity contribution in [2.45, 2.75) is 88.7 Å². The summed E-state index contributed by atoms with van der Waals surface area (Å²) in [5.74, 6) is 0.374.